The third kappa shape index (κ3) is 2.72. The molecular weight excluding hydrogens is 284 g/mol. The molecule has 22 heavy (non-hydrogen) atoms. The highest BCUT2D eigenvalue weighted by atomic mass is 16.7. The van der Waals surface area contributed by atoms with E-state index in [-0.39, 0.29) is 6.54 Å². The molecule has 1 aliphatic rings. The lowest BCUT2D eigenvalue weighted by molar-refractivity contribution is -0.168. The second kappa shape index (κ2) is 6.01. The number of fused-ring (bicyclic) bond motifs is 1. The number of hydrogen-bond acceptors (Lipinski definition) is 5. The highest BCUT2D eigenvalue weighted by molar-refractivity contribution is 5.94. The van der Waals surface area contributed by atoms with Crippen LogP contribution in [0.4, 0.5) is 0 Å². The van der Waals surface area contributed by atoms with Gasteiger partial charge in [-0.2, -0.15) is 0 Å². The fourth-order valence-corrected chi connectivity index (χ4v) is 2.43. The van der Waals surface area contributed by atoms with E-state index in [1.165, 1.54) is 0 Å². The molecule has 6 nitrogen and oxygen atoms in total. The summed E-state index contributed by atoms with van der Waals surface area (Å²) >= 11 is 0. The number of nitrogens with zero attached hydrogens (tertiary/aromatic N) is 2. The first-order valence-electron chi connectivity index (χ1n) is 7.18. The van der Waals surface area contributed by atoms with Crippen LogP contribution < -0.4 is 0 Å². The molecule has 0 saturated heterocycles. The molecule has 2 heterocycles. The van der Waals surface area contributed by atoms with Crippen molar-refractivity contribution in [2.75, 3.05) is 0 Å². The zero-order valence-corrected chi connectivity index (χ0v) is 12.2. The Bertz CT molecular complexity index is 708. The number of aromatic nitrogens is 2. The first kappa shape index (κ1) is 14.3. The molecule has 1 aliphatic heterocycles. The third-order valence-corrected chi connectivity index (χ3v) is 3.46. The summed E-state index contributed by atoms with van der Waals surface area (Å²) in [6, 6.07) is 6.89. The van der Waals surface area contributed by atoms with Crippen LogP contribution in [-0.4, -0.2) is 21.5 Å². The molecule has 114 valence electrons. The van der Waals surface area contributed by atoms with E-state index < -0.39 is 18.2 Å². The lowest BCUT2D eigenvalue weighted by atomic mass is 10.1. The summed E-state index contributed by atoms with van der Waals surface area (Å²) in [7, 11) is 0. The lowest BCUT2D eigenvalue weighted by Crippen LogP contribution is -2.18. The highest BCUT2D eigenvalue weighted by Gasteiger charge is 2.33. The summed E-state index contributed by atoms with van der Waals surface area (Å²) in [4.78, 5) is 28.0. The number of carbonyl (C=O) groups excluding carboxylic acids is 2. The van der Waals surface area contributed by atoms with E-state index in [1.807, 2.05) is 6.92 Å². The minimum absolute atomic E-state index is 0.0472. The largest absolute Gasteiger partial charge is 0.419 e. The van der Waals surface area contributed by atoms with E-state index in [2.05, 4.69) is 4.98 Å². The molecule has 0 N–H and O–H groups in total. The average molecular weight is 300 g/mol. The van der Waals surface area contributed by atoms with Crippen molar-refractivity contribution in [2.45, 2.75) is 32.6 Å². The number of esters is 2. The molecule has 0 spiro atoms. The molecule has 0 aliphatic carbocycles. The Morgan fingerprint density at radius 1 is 1.41 bits per heavy atom. The van der Waals surface area contributed by atoms with Crippen LogP contribution in [0, 0.1) is 0 Å². The second-order valence-corrected chi connectivity index (χ2v) is 5.04. The Labute approximate surface area is 127 Å². The fourth-order valence-electron chi connectivity index (χ4n) is 2.43. The smallest absolute Gasteiger partial charge is 0.342 e. The minimum Gasteiger partial charge on any atom is -0.419 e. The van der Waals surface area contributed by atoms with Gasteiger partial charge in [0.2, 0.25) is 0 Å². The first-order chi connectivity index (χ1) is 10.7. The molecule has 6 heteroatoms. The van der Waals surface area contributed by atoms with Crippen molar-refractivity contribution in [3.63, 3.8) is 0 Å². The van der Waals surface area contributed by atoms with E-state index in [1.54, 1.807) is 41.2 Å². The fraction of sp³-hybridized carbons (Fsp3) is 0.312. The molecule has 2 aromatic rings. The van der Waals surface area contributed by atoms with Crippen molar-refractivity contribution in [1.29, 1.82) is 0 Å². The van der Waals surface area contributed by atoms with Crippen LogP contribution in [0.5, 0.6) is 0 Å². The van der Waals surface area contributed by atoms with Crippen LogP contribution in [0.2, 0.25) is 0 Å². The zero-order valence-electron chi connectivity index (χ0n) is 12.2. The van der Waals surface area contributed by atoms with Gasteiger partial charge in [-0.3, -0.25) is 0 Å². The van der Waals surface area contributed by atoms with Gasteiger partial charge >= 0.3 is 11.9 Å². The molecule has 0 fully saturated rings. The van der Waals surface area contributed by atoms with Gasteiger partial charge in [0.15, 0.2) is 0 Å². The molecule has 0 amide bonds. The van der Waals surface area contributed by atoms with Crippen LogP contribution in [0.3, 0.4) is 0 Å². The van der Waals surface area contributed by atoms with E-state index in [0.29, 0.717) is 11.1 Å². The molecule has 0 radical (unpaired) electrons. The summed E-state index contributed by atoms with van der Waals surface area (Å²) in [5, 5.41) is 0. The summed E-state index contributed by atoms with van der Waals surface area (Å²) in [5.74, 6) is -0.101. The van der Waals surface area contributed by atoms with Crippen LogP contribution in [0.15, 0.2) is 36.7 Å². The van der Waals surface area contributed by atoms with Gasteiger partial charge in [-0.1, -0.05) is 25.1 Å². The number of benzene rings is 1. The number of imidazole rings is 1. The number of rotatable bonds is 5. The Morgan fingerprint density at radius 2 is 2.23 bits per heavy atom. The predicted molar refractivity (Wildman–Crippen MR) is 76.9 cm³/mol. The van der Waals surface area contributed by atoms with E-state index >= 15 is 0 Å². The van der Waals surface area contributed by atoms with Gasteiger partial charge in [-0.05, 0) is 12.5 Å². The van der Waals surface area contributed by atoms with Crippen molar-refractivity contribution in [3.05, 3.63) is 53.6 Å². The second-order valence-electron chi connectivity index (χ2n) is 5.04. The average Bonchev–Trinajstić information content (AvgIpc) is 3.06. The Hall–Kier alpha value is -2.63. The predicted octanol–water partition coefficient (Wildman–Crippen LogP) is 2.25. The van der Waals surface area contributed by atoms with Crippen LogP contribution >= 0.6 is 0 Å². The maximum atomic E-state index is 12.1. The Balaban J connectivity index is 1.68. The zero-order chi connectivity index (χ0) is 15.5. The number of hydrogen-bond donors (Lipinski definition) is 0. The third-order valence-electron chi connectivity index (χ3n) is 3.46. The van der Waals surface area contributed by atoms with Gasteiger partial charge in [0.25, 0.3) is 6.29 Å². The molecule has 1 aromatic heterocycles. The van der Waals surface area contributed by atoms with Gasteiger partial charge < -0.3 is 14.0 Å². The van der Waals surface area contributed by atoms with E-state index in [4.69, 9.17) is 9.47 Å². The van der Waals surface area contributed by atoms with Crippen molar-refractivity contribution < 1.29 is 19.1 Å². The van der Waals surface area contributed by atoms with Crippen molar-refractivity contribution in [1.82, 2.24) is 9.55 Å². The topological polar surface area (TPSA) is 70.4 Å². The Kier molecular flexibility index (Phi) is 3.91. The van der Waals surface area contributed by atoms with Crippen LogP contribution in [-0.2, 0) is 27.2 Å². The number of cyclic esters (lactones) is 1. The monoisotopic (exact) mass is 300 g/mol. The highest BCUT2D eigenvalue weighted by Crippen LogP contribution is 2.31. The SMILES string of the molecule is CCCc1nccn1CC(=O)OC1OC(=O)c2ccccc21. The quantitative estimate of drug-likeness (QED) is 0.792. The van der Waals surface area contributed by atoms with Crippen molar-refractivity contribution in [3.8, 4) is 0 Å². The van der Waals surface area contributed by atoms with Crippen LogP contribution in [0.1, 0.15) is 41.4 Å². The molecule has 1 aromatic carbocycles. The summed E-state index contributed by atoms with van der Waals surface area (Å²) < 4.78 is 12.1. The molecule has 3 rings (SSSR count). The molecule has 0 bridgehead atoms. The number of aryl methyl sites for hydroxylation is 1. The molecule has 1 atom stereocenters. The van der Waals surface area contributed by atoms with Gasteiger partial charge in [0.05, 0.1) is 5.56 Å². The summed E-state index contributed by atoms with van der Waals surface area (Å²) in [5.41, 5.74) is 1.02. The van der Waals surface area contributed by atoms with Crippen LogP contribution in [0.25, 0.3) is 0 Å². The maximum absolute atomic E-state index is 12.1. The van der Waals surface area contributed by atoms with Crippen molar-refractivity contribution in [2.24, 2.45) is 0 Å². The summed E-state index contributed by atoms with van der Waals surface area (Å²) in [6.07, 6.45) is 4.17. The van der Waals surface area contributed by atoms with Gasteiger partial charge in [0, 0.05) is 24.4 Å². The van der Waals surface area contributed by atoms with E-state index in [0.717, 1.165) is 18.7 Å². The van der Waals surface area contributed by atoms with E-state index in [9.17, 15) is 9.59 Å². The lowest BCUT2D eigenvalue weighted by Gasteiger charge is -2.13. The van der Waals surface area contributed by atoms with Gasteiger partial charge in [0.1, 0.15) is 12.4 Å². The molecule has 1 unspecified atom stereocenters. The number of carbonyl (C=O) groups is 2. The summed E-state index contributed by atoms with van der Waals surface area (Å²) in [6.45, 7) is 2.10. The normalized spacial score (nSPS) is 16.2. The maximum Gasteiger partial charge on any atom is 0.342 e. The minimum atomic E-state index is -0.964. The Morgan fingerprint density at radius 3 is 3.05 bits per heavy atom. The van der Waals surface area contributed by atoms with Crippen molar-refractivity contribution >= 4 is 11.9 Å². The number of ether oxygens (including phenoxy) is 2. The molecular formula is C16H16N2O4. The standard InChI is InChI=1S/C16H16N2O4/c1-2-5-13-17-8-9-18(13)10-14(19)21-16-12-7-4-3-6-11(12)15(20)22-16/h3-4,6-9,16H,2,5,10H2,1H3. The first-order valence-corrected chi connectivity index (χ1v) is 7.18. The van der Waals surface area contributed by atoms with Gasteiger partial charge in [-0.15, -0.1) is 0 Å². The molecule has 0 saturated carbocycles. The van der Waals surface area contributed by atoms with Gasteiger partial charge in [-0.25, -0.2) is 14.6 Å².